The van der Waals surface area contributed by atoms with Gasteiger partial charge in [0.1, 0.15) is 11.2 Å². The number of nitrogens with one attached hydrogen (secondary N) is 1. The molecule has 23 heavy (non-hydrogen) atoms. The summed E-state index contributed by atoms with van der Waals surface area (Å²) in [6.45, 7) is 7.96. The average Bonchev–Trinajstić information content (AvgIpc) is 2.32. The molecule has 0 aromatic heterocycles. The first-order valence-corrected chi connectivity index (χ1v) is 7.18. The van der Waals surface area contributed by atoms with E-state index in [9.17, 15) is 18.4 Å². The average molecular weight is 350 g/mol. The second kappa shape index (κ2) is 7.12. The Morgan fingerprint density at radius 3 is 2.26 bits per heavy atom. The minimum atomic E-state index is -1.51. The Morgan fingerprint density at radius 1 is 1.22 bits per heavy atom. The number of esters is 1. The van der Waals surface area contributed by atoms with Crippen LogP contribution in [-0.2, 0) is 9.47 Å². The highest BCUT2D eigenvalue weighted by molar-refractivity contribution is 6.31. The molecular weight excluding hydrogens is 332 g/mol. The number of benzene rings is 1. The Morgan fingerprint density at radius 2 is 1.78 bits per heavy atom. The molecule has 0 saturated heterocycles. The van der Waals surface area contributed by atoms with Crippen LogP contribution >= 0.6 is 11.6 Å². The molecule has 0 bridgehead atoms. The smallest absolute Gasteiger partial charge is 0.412 e. The summed E-state index contributed by atoms with van der Waals surface area (Å²) in [4.78, 5) is 23.8. The van der Waals surface area contributed by atoms with E-state index in [1.807, 2.05) is 0 Å². The maximum atomic E-state index is 14.1. The van der Waals surface area contributed by atoms with Crippen molar-refractivity contribution in [3.63, 3.8) is 0 Å². The third-order valence-electron chi connectivity index (χ3n) is 2.34. The van der Waals surface area contributed by atoms with Crippen molar-refractivity contribution >= 4 is 29.4 Å². The topological polar surface area (TPSA) is 64.6 Å². The van der Waals surface area contributed by atoms with E-state index < -0.39 is 46.0 Å². The van der Waals surface area contributed by atoms with Crippen LogP contribution in [-0.4, -0.2) is 23.8 Å². The van der Waals surface area contributed by atoms with E-state index in [0.717, 1.165) is 6.07 Å². The fourth-order valence-corrected chi connectivity index (χ4v) is 1.77. The number of amides is 1. The standard InChI is InChI=1S/C15H18ClF2NO4/c1-7(2)22-13(20)10-9(6-8(16)11(17)12(10)18)19-14(21)23-15(3,4)5/h6-7H,1-5H3,(H,19,21). The second-order valence-corrected chi connectivity index (χ2v) is 6.40. The molecule has 0 fully saturated rings. The van der Waals surface area contributed by atoms with Crippen LogP contribution in [0.1, 0.15) is 45.0 Å². The van der Waals surface area contributed by atoms with Crippen molar-refractivity contribution in [2.45, 2.75) is 46.3 Å². The lowest BCUT2D eigenvalue weighted by Crippen LogP contribution is -2.28. The van der Waals surface area contributed by atoms with Crippen LogP contribution in [0, 0.1) is 11.6 Å². The Kier molecular flexibility index (Phi) is 5.93. The summed E-state index contributed by atoms with van der Waals surface area (Å²) in [5.41, 5.74) is -1.91. The van der Waals surface area contributed by atoms with Crippen molar-refractivity contribution in [3.8, 4) is 0 Å². The number of hydrogen-bond donors (Lipinski definition) is 1. The molecule has 0 unspecified atom stereocenters. The zero-order chi connectivity index (χ0) is 17.9. The van der Waals surface area contributed by atoms with Gasteiger partial charge in [-0.3, -0.25) is 5.32 Å². The first-order chi connectivity index (χ1) is 10.4. The molecule has 0 aliphatic heterocycles. The molecule has 5 nitrogen and oxygen atoms in total. The van der Waals surface area contributed by atoms with Gasteiger partial charge in [-0.05, 0) is 40.7 Å². The van der Waals surface area contributed by atoms with E-state index in [0.29, 0.717) is 0 Å². The fourth-order valence-electron chi connectivity index (χ4n) is 1.58. The van der Waals surface area contributed by atoms with E-state index in [1.54, 1.807) is 34.6 Å². The molecule has 0 aliphatic rings. The summed E-state index contributed by atoms with van der Waals surface area (Å²) in [5.74, 6) is -4.04. The number of anilines is 1. The second-order valence-electron chi connectivity index (χ2n) is 5.99. The molecule has 0 aliphatic carbocycles. The summed E-state index contributed by atoms with van der Waals surface area (Å²) < 4.78 is 37.5. The number of halogens is 3. The van der Waals surface area contributed by atoms with Gasteiger partial charge in [-0.25, -0.2) is 18.4 Å². The van der Waals surface area contributed by atoms with Gasteiger partial charge in [-0.1, -0.05) is 11.6 Å². The molecule has 0 saturated carbocycles. The Hall–Kier alpha value is -1.89. The van der Waals surface area contributed by atoms with Crippen LogP contribution in [0.25, 0.3) is 0 Å². The van der Waals surface area contributed by atoms with Gasteiger partial charge < -0.3 is 9.47 Å². The molecule has 0 radical (unpaired) electrons. The molecule has 0 heterocycles. The Bertz CT molecular complexity index is 627. The first-order valence-electron chi connectivity index (χ1n) is 6.81. The van der Waals surface area contributed by atoms with Crippen LogP contribution in [0.15, 0.2) is 6.07 Å². The zero-order valence-electron chi connectivity index (χ0n) is 13.4. The quantitative estimate of drug-likeness (QED) is 0.643. The third-order valence-corrected chi connectivity index (χ3v) is 2.62. The molecule has 1 aromatic carbocycles. The zero-order valence-corrected chi connectivity index (χ0v) is 14.2. The monoisotopic (exact) mass is 349 g/mol. The van der Waals surface area contributed by atoms with Gasteiger partial charge in [0.2, 0.25) is 0 Å². The molecule has 128 valence electrons. The molecule has 1 N–H and O–H groups in total. The van der Waals surface area contributed by atoms with Crippen LogP contribution < -0.4 is 5.32 Å². The highest BCUT2D eigenvalue weighted by atomic mass is 35.5. The van der Waals surface area contributed by atoms with Crippen molar-refractivity contribution < 1.29 is 27.8 Å². The van der Waals surface area contributed by atoms with Crippen molar-refractivity contribution in [2.24, 2.45) is 0 Å². The molecule has 8 heteroatoms. The van der Waals surface area contributed by atoms with Gasteiger partial charge in [-0.15, -0.1) is 0 Å². The minimum absolute atomic E-state index is 0.339. The lowest BCUT2D eigenvalue weighted by molar-refractivity contribution is 0.0373. The first kappa shape index (κ1) is 19.2. The van der Waals surface area contributed by atoms with E-state index in [2.05, 4.69) is 5.32 Å². The number of carbonyl (C=O) groups excluding carboxylic acids is 2. The summed E-state index contributed by atoms with van der Waals surface area (Å²) in [6.07, 6.45) is -1.51. The van der Waals surface area contributed by atoms with E-state index in [-0.39, 0.29) is 5.69 Å². The third kappa shape index (κ3) is 5.35. The molecular formula is C15H18ClF2NO4. The fraction of sp³-hybridized carbons (Fsp3) is 0.467. The maximum absolute atomic E-state index is 14.1. The molecule has 1 amide bonds. The van der Waals surface area contributed by atoms with Crippen molar-refractivity contribution in [3.05, 3.63) is 28.3 Å². The highest BCUT2D eigenvalue weighted by Gasteiger charge is 2.27. The largest absolute Gasteiger partial charge is 0.459 e. The van der Waals surface area contributed by atoms with Gasteiger partial charge in [0.05, 0.1) is 16.8 Å². The molecule has 1 rings (SSSR count). The van der Waals surface area contributed by atoms with E-state index >= 15 is 0 Å². The molecule has 1 aromatic rings. The Labute approximate surface area is 137 Å². The van der Waals surface area contributed by atoms with Crippen molar-refractivity contribution in [1.82, 2.24) is 0 Å². The predicted molar refractivity (Wildman–Crippen MR) is 81.8 cm³/mol. The summed E-state index contributed by atoms with van der Waals surface area (Å²) in [7, 11) is 0. The van der Waals surface area contributed by atoms with Gasteiger partial charge >= 0.3 is 12.1 Å². The summed E-state index contributed by atoms with van der Waals surface area (Å²) in [6, 6.07) is 0.917. The minimum Gasteiger partial charge on any atom is -0.459 e. The van der Waals surface area contributed by atoms with E-state index in [4.69, 9.17) is 21.1 Å². The lowest BCUT2D eigenvalue weighted by Gasteiger charge is -2.20. The van der Waals surface area contributed by atoms with Gasteiger partial charge in [-0.2, -0.15) is 0 Å². The summed E-state index contributed by atoms with van der Waals surface area (Å²) >= 11 is 5.56. The number of carbonyl (C=O) groups is 2. The van der Waals surface area contributed by atoms with Crippen LogP contribution in [0.3, 0.4) is 0 Å². The highest BCUT2D eigenvalue weighted by Crippen LogP contribution is 2.29. The van der Waals surface area contributed by atoms with Crippen molar-refractivity contribution in [1.29, 1.82) is 0 Å². The van der Waals surface area contributed by atoms with Crippen LogP contribution in [0.4, 0.5) is 19.3 Å². The number of rotatable bonds is 3. The molecule has 0 atom stereocenters. The summed E-state index contributed by atoms with van der Waals surface area (Å²) in [5, 5.41) is 1.59. The SMILES string of the molecule is CC(C)OC(=O)c1c(NC(=O)OC(C)(C)C)cc(Cl)c(F)c1F. The van der Waals surface area contributed by atoms with Gasteiger partial charge in [0, 0.05) is 0 Å². The van der Waals surface area contributed by atoms with Crippen LogP contribution in [0.2, 0.25) is 5.02 Å². The lowest BCUT2D eigenvalue weighted by atomic mass is 10.1. The maximum Gasteiger partial charge on any atom is 0.412 e. The van der Waals surface area contributed by atoms with Gasteiger partial charge in [0.25, 0.3) is 0 Å². The van der Waals surface area contributed by atoms with Gasteiger partial charge in [0.15, 0.2) is 11.6 Å². The number of hydrogen-bond acceptors (Lipinski definition) is 4. The van der Waals surface area contributed by atoms with E-state index in [1.165, 1.54) is 0 Å². The number of ether oxygens (including phenoxy) is 2. The predicted octanol–water partition coefficient (Wildman–Crippen LogP) is 4.53. The molecule has 0 spiro atoms. The normalized spacial score (nSPS) is 11.3. The van der Waals surface area contributed by atoms with Crippen molar-refractivity contribution in [2.75, 3.05) is 5.32 Å². The Balaban J connectivity index is 3.24. The van der Waals surface area contributed by atoms with Crippen LogP contribution in [0.5, 0.6) is 0 Å².